The molecule has 2 heterocycles. The molecule has 2 fully saturated rings. The topological polar surface area (TPSA) is 64.5 Å². The van der Waals surface area contributed by atoms with E-state index in [1.807, 2.05) is 6.92 Å². The molecule has 4 nitrogen and oxygen atoms in total. The van der Waals surface area contributed by atoms with Crippen molar-refractivity contribution in [3.05, 3.63) is 47.2 Å². The van der Waals surface area contributed by atoms with Gasteiger partial charge in [0.1, 0.15) is 0 Å². The van der Waals surface area contributed by atoms with Gasteiger partial charge in [-0.05, 0) is 89.4 Å². The van der Waals surface area contributed by atoms with Crippen LogP contribution in [0.3, 0.4) is 0 Å². The van der Waals surface area contributed by atoms with Crippen LogP contribution in [0.15, 0.2) is 36.0 Å². The molecule has 3 rings (SSSR count). The number of piperidine rings is 1. The summed E-state index contributed by atoms with van der Waals surface area (Å²) in [5, 5.41) is 0. The largest absolute Gasteiger partial charge is 0.402 e. The Balaban J connectivity index is 1.65. The van der Waals surface area contributed by atoms with Gasteiger partial charge in [0.15, 0.2) is 0 Å². The lowest BCUT2D eigenvalue weighted by Gasteiger charge is -2.42. The van der Waals surface area contributed by atoms with Crippen molar-refractivity contribution >= 4 is 0 Å². The number of hydrogen-bond acceptors (Lipinski definition) is 4. The highest BCUT2D eigenvalue weighted by Gasteiger charge is 2.33. The Bertz CT molecular complexity index is 634. The van der Waals surface area contributed by atoms with E-state index >= 15 is 0 Å². The Morgan fingerprint density at radius 1 is 1.14 bits per heavy atom. The molecule has 2 aliphatic rings. The van der Waals surface area contributed by atoms with Crippen LogP contribution in [0.2, 0.25) is 0 Å². The van der Waals surface area contributed by atoms with Crippen LogP contribution in [0.5, 0.6) is 0 Å². The number of likely N-dealkylation sites (tertiary alicyclic amines) is 1. The summed E-state index contributed by atoms with van der Waals surface area (Å²) in [5.74, 6) is 1.71. The van der Waals surface area contributed by atoms with Gasteiger partial charge in [-0.1, -0.05) is 29.8 Å². The molecule has 1 aromatic rings. The number of benzene rings is 1. The molecule has 0 bridgehead atoms. The van der Waals surface area contributed by atoms with Crippen molar-refractivity contribution in [1.29, 1.82) is 0 Å². The highest BCUT2D eigenvalue weighted by atomic mass is 16.5. The van der Waals surface area contributed by atoms with Crippen LogP contribution >= 0.6 is 0 Å². The summed E-state index contributed by atoms with van der Waals surface area (Å²) in [5.41, 5.74) is 15.9. The van der Waals surface area contributed by atoms with Crippen LogP contribution < -0.4 is 11.5 Å². The van der Waals surface area contributed by atoms with E-state index in [4.69, 9.17) is 16.2 Å². The molecule has 2 unspecified atom stereocenters. The molecule has 0 saturated carbocycles. The predicted octanol–water partition coefficient (Wildman–Crippen LogP) is 3.93. The van der Waals surface area contributed by atoms with Crippen LogP contribution in [0.4, 0.5) is 0 Å². The van der Waals surface area contributed by atoms with E-state index in [1.54, 1.807) is 0 Å². The number of aryl methyl sites for hydroxylation is 1. The number of ether oxygens (including phenoxy) is 1. The fourth-order valence-corrected chi connectivity index (χ4v) is 4.99. The summed E-state index contributed by atoms with van der Waals surface area (Å²) < 4.78 is 5.55. The first-order valence-corrected chi connectivity index (χ1v) is 11.0. The van der Waals surface area contributed by atoms with Gasteiger partial charge in [0.2, 0.25) is 0 Å². The van der Waals surface area contributed by atoms with E-state index in [9.17, 15) is 0 Å². The van der Waals surface area contributed by atoms with Crippen molar-refractivity contribution in [1.82, 2.24) is 4.90 Å². The lowest BCUT2D eigenvalue weighted by atomic mass is 9.79. The van der Waals surface area contributed by atoms with Gasteiger partial charge in [-0.15, -0.1) is 0 Å². The van der Waals surface area contributed by atoms with E-state index < -0.39 is 0 Å². The van der Waals surface area contributed by atoms with Crippen molar-refractivity contribution in [2.45, 2.75) is 64.5 Å². The van der Waals surface area contributed by atoms with Gasteiger partial charge in [0.05, 0.1) is 0 Å². The molecule has 2 aliphatic heterocycles. The number of nitrogens with two attached hydrogens (primary N) is 2. The van der Waals surface area contributed by atoms with Crippen LogP contribution in [0.25, 0.3) is 0 Å². The third-order valence-electron chi connectivity index (χ3n) is 6.78. The molecule has 0 aliphatic carbocycles. The minimum absolute atomic E-state index is 0.289. The molecule has 4 N–H and O–H groups in total. The standard InChI is InChI=1S/C24H39N3O/c1-18-4-6-22(7-5-18)24(3,26)17-23(16-19(2)25)27-12-8-20(9-13-27)21-10-14-28-15-11-21/h4-7,16,20-21,23H,8-15,17,25-26H2,1-3H3/b19-16+. The van der Waals surface area contributed by atoms with Gasteiger partial charge in [0.25, 0.3) is 0 Å². The summed E-state index contributed by atoms with van der Waals surface area (Å²) in [4.78, 5) is 2.60. The molecule has 0 aromatic heterocycles. The molecule has 0 radical (unpaired) electrons. The number of allylic oxidation sites excluding steroid dienone is 1. The molecular formula is C24H39N3O. The molecule has 156 valence electrons. The van der Waals surface area contributed by atoms with E-state index in [2.05, 4.69) is 49.1 Å². The van der Waals surface area contributed by atoms with Gasteiger partial charge >= 0.3 is 0 Å². The first kappa shape index (κ1) is 21.4. The van der Waals surface area contributed by atoms with Crippen LogP contribution in [0, 0.1) is 18.8 Å². The first-order chi connectivity index (χ1) is 13.3. The van der Waals surface area contributed by atoms with E-state index in [0.717, 1.165) is 50.3 Å². The van der Waals surface area contributed by atoms with Crippen LogP contribution in [-0.2, 0) is 10.3 Å². The fourth-order valence-electron chi connectivity index (χ4n) is 4.99. The minimum atomic E-state index is -0.373. The van der Waals surface area contributed by atoms with E-state index in [0.29, 0.717) is 0 Å². The molecular weight excluding hydrogens is 346 g/mol. The lowest BCUT2D eigenvalue weighted by molar-refractivity contribution is 0.0259. The first-order valence-electron chi connectivity index (χ1n) is 11.0. The third-order valence-corrected chi connectivity index (χ3v) is 6.78. The molecule has 2 saturated heterocycles. The second kappa shape index (κ2) is 9.43. The van der Waals surface area contributed by atoms with E-state index in [1.165, 1.54) is 36.8 Å². The minimum Gasteiger partial charge on any atom is -0.402 e. The SMILES string of the molecule is C/C(N)=C\C(CC(C)(N)c1ccc(C)cc1)N1CCC(C2CCOCC2)CC1. The normalized spacial score (nSPS) is 24.1. The Morgan fingerprint density at radius 2 is 1.71 bits per heavy atom. The predicted molar refractivity (Wildman–Crippen MR) is 117 cm³/mol. The number of hydrogen-bond donors (Lipinski definition) is 2. The van der Waals surface area contributed by atoms with Crippen molar-refractivity contribution < 1.29 is 4.74 Å². The van der Waals surface area contributed by atoms with Gasteiger partial charge in [-0.25, -0.2) is 0 Å². The highest BCUT2D eigenvalue weighted by Crippen LogP contribution is 2.34. The quantitative estimate of drug-likeness (QED) is 0.779. The van der Waals surface area contributed by atoms with E-state index in [-0.39, 0.29) is 11.6 Å². The summed E-state index contributed by atoms with van der Waals surface area (Å²) in [6, 6.07) is 8.93. The smallest absolute Gasteiger partial charge is 0.0468 e. The van der Waals surface area contributed by atoms with Crippen LogP contribution in [0.1, 0.15) is 57.1 Å². The highest BCUT2D eigenvalue weighted by molar-refractivity contribution is 5.27. The zero-order valence-corrected chi connectivity index (χ0v) is 18.0. The monoisotopic (exact) mass is 385 g/mol. The molecule has 0 spiro atoms. The van der Waals surface area contributed by atoms with Crippen LogP contribution in [-0.4, -0.2) is 37.2 Å². The van der Waals surface area contributed by atoms with Gasteiger partial charge in [-0.2, -0.15) is 0 Å². The average molecular weight is 386 g/mol. The van der Waals surface area contributed by atoms with Crippen molar-refractivity contribution in [2.24, 2.45) is 23.3 Å². The Labute approximate surface area is 171 Å². The Kier molecular flexibility index (Phi) is 7.19. The maximum atomic E-state index is 6.81. The molecule has 28 heavy (non-hydrogen) atoms. The zero-order chi connectivity index (χ0) is 20.1. The summed E-state index contributed by atoms with van der Waals surface area (Å²) >= 11 is 0. The van der Waals surface area contributed by atoms with Crippen molar-refractivity contribution in [3.8, 4) is 0 Å². The maximum Gasteiger partial charge on any atom is 0.0468 e. The molecule has 2 atom stereocenters. The molecule has 4 heteroatoms. The number of rotatable bonds is 6. The lowest BCUT2D eigenvalue weighted by Crippen LogP contribution is -2.47. The Morgan fingerprint density at radius 3 is 2.29 bits per heavy atom. The second-order valence-corrected chi connectivity index (χ2v) is 9.29. The molecule has 1 aromatic carbocycles. The second-order valence-electron chi connectivity index (χ2n) is 9.29. The maximum absolute atomic E-state index is 6.81. The fraction of sp³-hybridized carbons (Fsp3) is 0.667. The Hall–Kier alpha value is -1.36. The van der Waals surface area contributed by atoms with Gasteiger partial charge in [0, 0.05) is 30.5 Å². The van der Waals surface area contributed by atoms with Gasteiger partial charge < -0.3 is 16.2 Å². The zero-order valence-electron chi connectivity index (χ0n) is 18.0. The average Bonchev–Trinajstić information content (AvgIpc) is 2.68. The van der Waals surface area contributed by atoms with Gasteiger partial charge in [-0.3, -0.25) is 4.90 Å². The van der Waals surface area contributed by atoms with Crippen molar-refractivity contribution in [2.75, 3.05) is 26.3 Å². The summed E-state index contributed by atoms with van der Waals surface area (Å²) in [6.45, 7) is 10.4. The third kappa shape index (κ3) is 5.59. The summed E-state index contributed by atoms with van der Waals surface area (Å²) in [6.07, 6.45) is 8.14. The van der Waals surface area contributed by atoms with Crippen molar-refractivity contribution in [3.63, 3.8) is 0 Å². The summed E-state index contributed by atoms with van der Waals surface area (Å²) in [7, 11) is 0. The molecule has 0 amide bonds. The number of nitrogens with zero attached hydrogens (tertiary/aromatic N) is 1.